The molecule has 1 N–H and O–H groups in total. The molecule has 1 aromatic carbocycles. The summed E-state index contributed by atoms with van der Waals surface area (Å²) in [5.74, 6) is -0.876. The number of hydroxylamine groups is 2. The van der Waals surface area contributed by atoms with E-state index in [1.165, 1.54) is 0 Å². The first-order chi connectivity index (χ1) is 8.69. The lowest BCUT2D eigenvalue weighted by molar-refractivity contribution is -0.137. The van der Waals surface area contributed by atoms with Crippen LogP contribution in [0.15, 0.2) is 24.3 Å². The average Bonchev–Trinajstić information content (AvgIpc) is 2.64. The summed E-state index contributed by atoms with van der Waals surface area (Å²) in [5.41, 5.74) is 0.725. The molecule has 0 radical (unpaired) electrons. The van der Waals surface area contributed by atoms with Gasteiger partial charge < -0.3 is 5.11 Å². The van der Waals surface area contributed by atoms with Gasteiger partial charge in [0, 0.05) is 6.61 Å². The van der Waals surface area contributed by atoms with Crippen LogP contribution < -0.4 is 0 Å². The fraction of sp³-hybridized carbons (Fsp3) is 0.385. The summed E-state index contributed by atoms with van der Waals surface area (Å²) in [6.07, 6.45) is 0.676. The van der Waals surface area contributed by atoms with Crippen molar-refractivity contribution in [2.24, 2.45) is 0 Å². The van der Waals surface area contributed by atoms with E-state index in [-0.39, 0.29) is 12.7 Å². The van der Waals surface area contributed by atoms with Crippen molar-refractivity contribution >= 4 is 11.8 Å². The van der Waals surface area contributed by atoms with E-state index in [1.54, 1.807) is 24.3 Å². The van der Waals surface area contributed by atoms with Crippen molar-refractivity contribution in [2.75, 3.05) is 6.61 Å². The second-order valence-electron chi connectivity index (χ2n) is 4.10. The summed E-state index contributed by atoms with van der Waals surface area (Å²) in [5, 5.41) is 9.68. The third kappa shape index (κ3) is 2.14. The second-order valence-corrected chi connectivity index (χ2v) is 4.10. The van der Waals surface area contributed by atoms with Gasteiger partial charge in [0.2, 0.25) is 0 Å². The molecule has 2 amide bonds. The van der Waals surface area contributed by atoms with Gasteiger partial charge in [-0.15, -0.1) is 5.06 Å². The van der Waals surface area contributed by atoms with Crippen LogP contribution in [0.25, 0.3) is 0 Å². The summed E-state index contributed by atoms with van der Waals surface area (Å²) in [4.78, 5) is 29.3. The SMILES string of the molecule is CC[C@H](CCO)ON1C(=O)c2ccccc2C1=O. The molecule has 1 atom stereocenters. The smallest absolute Gasteiger partial charge is 0.285 e. The standard InChI is InChI=1S/C13H15NO4/c1-2-9(7-8-15)18-14-12(16)10-5-3-4-6-11(10)13(14)17/h3-6,9,15H,2,7-8H2,1H3/t9-/m1/s1. The van der Waals surface area contributed by atoms with Gasteiger partial charge in [0.05, 0.1) is 17.2 Å². The molecule has 0 aliphatic carbocycles. The number of nitrogens with zero attached hydrogens (tertiary/aromatic N) is 1. The molecule has 18 heavy (non-hydrogen) atoms. The highest BCUT2D eigenvalue weighted by Gasteiger charge is 2.37. The molecule has 0 saturated carbocycles. The largest absolute Gasteiger partial charge is 0.396 e. The van der Waals surface area contributed by atoms with Crippen LogP contribution in [0.1, 0.15) is 40.5 Å². The van der Waals surface area contributed by atoms with E-state index >= 15 is 0 Å². The van der Waals surface area contributed by atoms with Crippen molar-refractivity contribution in [3.63, 3.8) is 0 Å². The maximum atomic E-state index is 12.0. The van der Waals surface area contributed by atoms with E-state index in [4.69, 9.17) is 9.94 Å². The van der Waals surface area contributed by atoms with Crippen molar-refractivity contribution in [1.82, 2.24) is 5.06 Å². The number of carbonyl (C=O) groups excluding carboxylic acids is 2. The van der Waals surface area contributed by atoms with Crippen molar-refractivity contribution in [2.45, 2.75) is 25.9 Å². The number of amides is 2. The number of aliphatic hydroxyl groups excluding tert-OH is 1. The lowest BCUT2D eigenvalue weighted by atomic mass is 10.1. The molecular formula is C13H15NO4. The molecule has 96 valence electrons. The molecule has 0 unspecified atom stereocenters. The first-order valence-electron chi connectivity index (χ1n) is 5.94. The van der Waals surface area contributed by atoms with Crippen LogP contribution in [0.3, 0.4) is 0 Å². The van der Waals surface area contributed by atoms with Crippen LogP contribution in [0.2, 0.25) is 0 Å². The summed E-state index contributed by atoms with van der Waals surface area (Å²) in [6, 6.07) is 6.62. The maximum Gasteiger partial charge on any atom is 0.285 e. The van der Waals surface area contributed by atoms with Gasteiger partial charge in [-0.3, -0.25) is 14.4 Å². The molecule has 0 aromatic heterocycles. The van der Waals surface area contributed by atoms with Gasteiger partial charge in [-0.1, -0.05) is 19.1 Å². The summed E-state index contributed by atoms with van der Waals surface area (Å²) in [6.45, 7) is 1.83. The van der Waals surface area contributed by atoms with Crippen molar-refractivity contribution in [3.05, 3.63) is 35.4 Å². The van der Waals surface area contributed by atoms with E-state index in [0.717, 1.165) is 5.06 Å². The van der Waals surface area contributed by atoms with Gasteiger partial charge in [-0.2, -0.15) is 0 Å². The zero-order valence-electron chi connectivity index (χ0n) is 10.1. The highest BCUT2D eigenvalue weighted by molar-refractivity contribution is 6.20. The average molecular weight is 249 g/mol. The number of fused-ring (bicyclic) bond motifs is 1. The van der Waals surface area contributed by atoms with Gasteiger partial charge in [0.25, 0.3) is 11.8 Å². The predicted molar refractivity (Wildman–Crippen MR) is 63.8 cm³/mol. The molecule has 0 spiro atoms. The molecule has 5 heteroatoms. The zero-order valence-corrected chi connectivity index (χ0v) is 10.1. The highest BCUT2D eigenvalue weighted by Crippen LogP contribution is 2.24. The lowest BCUT2D eigenvalue weighted by Crippen LogP contribution is -2.34. The number of hydrogen-bond donors (Lipinski definition) is 1. The fourth-order valence-electron chi connectivity index (χ4n) is 1.89. The van der Waals surface area contributed by atoms with Crippen molar-refractivity contribution in [1.29, 1.82) is 0 Å². The molecule has 1 aromatic rings. The predicted octanol–water partition coefficient (Wildman–Crippen LogP) is 1.38. The number of carbonyl (C=O) groups is 2. The Kier molecular flexibility index (Phi) is 3.74. The summed E-state index contributed by atoms with van der Waals surface area (Å²) >= 11 is 0. The van der Waals surface area contributed by atoms with Crippen LogP contribution in [0, 0.1) is 0 Å². The third-order valence-electron chi connectivity index (χ3n) is 2.92. The third-order valence-corrected chi connectivity index (χ3v) is 2.92. The van der Waals surface area contributed by atoms with E-state index in [9.17, 15) is 9.59 Å². The first-order valence-corrected chi connectivity index (χ1v) is 5.94. The molecule has 2 rings (SSSR count). The Morgan fingerprint density at radius 3 is 2.22 bits per heavy atom. The first kappa shape index (κ1) is 12.7. The van der Waals surface area contributed by atoms with Gasteiger partial charge in [-0.05, 0) is 25.0 Å². The Labute approximate surface area is 105 Å². The number of aliphatic hydroxyl groups is 1. The normalized spacial score (nSPS) is 16.0. The lowest BCUT2D eigenvalue weighted by Gasteiger charge is -2.20. The molecule has 1 heterocycles. The van der Waals surface area contributed by atoms with Crippen molar-refractivity contribution < 1.29 is 19.5 Å². The highest BCUT2D eigenvalue weighted by atomic mass is 16.7. The molecule has 1 aliphatic rings. The Hall–Kier alpha value is -1.72. The van der Waals surface area contributed by atoms with Crippen LogP contribution >= 0.6 is 0 Å². The molecule has 0 bridgehead atoms. The van der Waals surface area contributed by atoms with Gasteiger partial charge in [-0.25, -0.2) is 0 Å². The van der Waals surface area contributed by atoms with E-state index in [0.29, 0.717) is 24.0 Å². The van der Waals surface area contributed by atoms with Crippen LogP contribution in [-0.2, 0) is 4.84 Å². The van der Waals surface area contributed by atoms with Crippen LogP contribution in [0.5, 0.6) is 0 Å². The van der Waals surface area contributed by atoms with Gasteiger partial charge >= 0.3 is 0 Å². The quantitative estimate of drug-likeness (QED) is 0.800. The Balaban J connectivity index is 2.18. The topological polar surface area (TPSA) is 66.8 Å². The van der Waals surface area contributed by atoms with E-state index < -0.39 is 11.8 Å². The summed E-state index contributed by atoms with van der Waals surface area (Å²) < 4.78 is 0. The minimum Gasteiger partial charge on any atom is -0.396 e. The second kappa shape index (κ2) is 5.29. The molecule has 0 saturated heterocycles. The van der Waals surface area contributed by atoms with Crippen LogP contribution in [0.4, 0.5) is 0 Å². The minimum atomic E-state index is -0.438. The number of benzene rings is 1. The monoisotopic (exact) mass is 249 g/mol. The van der Waals surface area contributed by atoms with Gasteiger partial charge in [0.1, 0.15) is 0 Å². The maximum absolute atomic E-state index is 12.0. The number of imide groups is 1. The summed E-state index contributed by atoms with van der Waals surface area (Å²) in [7, 11) is 0. The van der Waals surface area contributed by atoms with E-state index in [1.807, 2.05) is 6.92 Å². The molecule has 0 fully saturated rings. The van der Waals surface area contributed by atoms with E-state index in [2.05, 4.69) is 0 Å². The Bertz CT molecular complexity index is 437. The molecule has 1 aliphatic heterocycles. The molecular weight excluding hydrogens is 234 g/mol. The number of rotatable bonds is 5. The Morgan fingerprint density at radius 2 is 1.78 bits per heavy atom. The zero-order chi connectivity index (χ0) is 13.1. The van der Waals surface area contributed by atoms with Crippen LogP contribution in [-0.4, -0.2) is 34.7 Å². The fourth-order valence-corrected chi connectivity index (χ4v) is 1.89. The minimum absolute atomic E-state index is 0.0400. The van der Waals surface area contributed by atoms with Crippen molar-refractivity contribution in [3.8, 4) is 0 Å². The number of hydrogen-bond acceptors (Lipinski definition) is 4. The Morgan fingerprint density at radius 1 is 1.22 bits per heavy atom. The van der Waals surface area contributed by atoms with Gasteiger partial charge in [0.15, 0.2) is 0 Å². The molecule has 5 nitrogen and oxygen atoms in total.